The maximum atomic E-state index is 12.9. The van der Waals surface area contributed by atoms with E-state index in [-0.39, 0.29) is 42.3 Å². The van der Waals surface area contributed by atoms with Crippen LogP contribution in [-0.2, 0) is 9.53 Å². The summed E-state index contributed by atoms with van der Waals surface area (Å²) in [7, 11) is 0. The molecule has 1 saturated heterocycles. The van der Waals surface area contributed by atoms with Crippen LogP contribution in [0.15, 0.2) is 35.8 Å². The van der Waals surface area contributed by atoms with Gasteiger partial charge in [0.1, 0.15) is 6.54 Å². The van der Waals surface area contributed by atoms with E-state index >= 15 is 0 Å². The maximum absolute atomic E-state index is 12.9. The van der Waals surface area contributed by atoms with E-state index in [1.54, 1.807) is 11.6 Å². The Bertz CT molecular complexity index is 803. The first-order chi connectivity index (χ1) is 13.0. The largest absolute Gasteiger partial charge is 0.376 e. The Balaban J connectivity index is 1.72. The molecule has 1 N–H and O–H groups in total. The molecular weight excluding hydrogens is 372 g/mol. The Hall–Kier alpha value is -2.85. The van der Waals surface area contributed by atoms with Crippen molar-refractivity contribution >= 4 is 34.0 Å². The fraction of sp³-hybridized carbons (Fsp3) is 0.353. The number of ether oxygens (including phenoxy) is 1. The van der Waals surface area contributed by atoms with E-state index in [1.165, 1.54) is 40.5 Å². The molecule has 1 aliphatic rings. The first-order valence-corrected chi connectivity index (χ1v) is 9.25. The summed E-state index contributed by atoms with van der Waals surface area (Å²) in [6, 6.07) is 5.32. The van der Waals surface area contributed by atoms with Crippen LogP contribution in [-0.4, -0.2) is 52.4 Å². The fourth-order valence-electron chi connectivity index (χ4n) is 2.78. The van der Waals surface area contributed by atoms with Crippen LogP contribution in [0.4, 0.5) is 10.8 Å². The van der Waals surface area contributed by atoms with Crippen LogP contribution in [0.2, 0.25) is 0 Å². The highest BCUT2D eigenvalue weighted by molar-refractivity contribution is 7.13. The van der Waals surface area contributed by atoms with Gasteiger partial charge in [0.2, 0.25) is 5.91 Å². The molecule has 0 aliphatic carbocycles. The minimum Gasteiger partial charge on any atom is -0.376 e. The molecule has 27 heavy (non-hydrogen) atoms. The molecule has 1 aromatic carbocycles. The molecular formula is C17H18N4O5S. The molecule has 2 amide bonds. The number of anilines is 1. The van der Waals surface area contributed by atoms with E-state index in [4.69, 9.17) is 4.74 Å². The van der Waals surface area contributed by atoms with Crippen LogP contribution < -0.4 is 5.32 Å². The molecule has 2 aromatic rings. The Labute approximate surface area is 159 Å². The molecule has 1 atom stereocenters. The molecule has 1 aliphatic heterocycles. The molecule has 0 bridgehead atoms. The summed E-state index contributed by atoms with van der Waals surface area (Å²) in [6.07, 6.45) is 3.18. The monoisotopic (exact) mass is 390 g/mol. The van der Waals surface area contributed by atoms with Crippen molar-refractivity contribution in [2.45, 2.75) is 18.9 Å². The van der Waals surface area contributed by atoms with Crippen LogP contribution >= 0.6 is 11.3 Å². The summed E-state index contributed by atoms with van der Waals surface area (Å²) in [5.74, 6) is -0.743. The Morgan fingerprint density at radius 3 is 2.74 bits per heavy atom. The number of nitro groups is 1. The van der Waals surface area contributed by atoms with E-state index in [2.05, 4.69) is 10.3 Å². The van der Waals surface area contributed by atoms with Crippen molar-refractivity contribution in [1.29, 1.82) is 0 Å². The van der Waals surface area contributed by atoms with Crippen molar-refractivity contribution in [3.8, 4) is 0 Å². The minimum absolute atomic E-state index is 0.0984. The predicted molar refractivity (Wildman–Crippen MR) is 98.7 cm³/mol. The smallest absolute Gasteiger partial charge is 0.269 e. The lowest BCUT2D eigenvalue weighted by molar-refractivity contribution is -0.384. The van der Waals surface area contributed by atoms with Crippen LogP contribution in [0.5, 0.6) is 0 Å². The molecule has 10 heteroatoms. The van der Waals surface area contributed by atoms with Gasteiger partial charge in [-0.15, -0.1) is 11.3 Å². The zero-order valence-electron chi connectivity index (χ0n) is 14.4. The minimum atomic E-state index is -0.528. The van der Waals surface area contributed by atoms with Gasteiger partial charge in [0.15, 0.2) is 5.13 Å². The van der Waals surface area contributed by atoms with E-state index in [0.717, 1.165) is 12.8 Å². The zero-order chi connectivity index (χ0) is 19.2. The Morgan fingerprint density at radius 1 is 1.37 bits per heavy atom. The van der Waals surface area contributed by atoms with Gasteiger partial charge in [0.25, 0.3) is 11.6 Å². The van der Waals surface area contributed by atoms with E-state index in [9.17, 15) is 19.7 Å². The number of amides is 2. The number of hydrogen-bond donors (Lipinski definition) is 1. The van der Waals surface area contributed by atoms with Gasteiger partial charge in [-0.2, -0.15) is 0 Å². The number of carbonyl (C=O) groups excluding carboxylic acids is 2. The lowest BCUT2D eigenvalue weighted by Crippen LogP contribution is -2.42. The number of nitrogens with one attached hydrogen (secondary N) is 1. The van der Waals surface area contributed by atoms with Crippen LogP contribution in [0.3, 0.4) is 0 Å². The average molecular weight is 390 g/mol. The number of aromatic nitrogens is 1. The van der Waals surface area contributed by atoms with Gasteiger partial charge in [-0.3, -0.25) is 19.7 Å². The lowest BCUT2D eigenvalue weighted by atomic mass is 10.1. The topological polar surface area (TPSA) is 115 Å². The van der Waals surface area contributed by atoms with Crippen LogP contribution in [0, 0.1) is 10.1 Å². The second-order valence-corrected chi connectivity index (χ2v) is 6.90. The number of nitro benzene ring substituents is 1. The van der Waals surface area contributed by atoms with Crippen molar-refractivity contribution in [1.82, 2.24) is 9.88 Å². The van der Waals surface area contributed by atoms with Crippen LogP contribution in [0.25, 0.3) is 0 Å². The Morgan fingerprint density at radius 2 is 2.15 bits per heavy atom. The summed E-state index contributed by atoms with van der Waals surface area (Å²) >= 11 is 1.29. The first-order valence-electron chi connectivity index (χ1n) is 8.37. The van der Waals surface area contributed by atoms with Crippen LogP contribution in [0.1, 0.15) is 23.2 Å². The average Bonchev–Trinajstić information content (AvgIpc) is 3.34. The van der Waals surface area contributed by atoms with E-state index < -0.39 is 4.92 Å². The molecule has 0 saturated carbocycles. The highest BCUT2D eigenvalue weighted by Crippen LogP contribution is 2.18. The first kappa shape index (κ1) is 18.9. The number of carbonyl (C=O) groups is 2. The van der Waals surface area contributed by atoms with Crippen molar-refractivity contribution in [2.24, 2.45) is 0 Å². The zero-order valence-corrected chi connectivity index (χ0v) is 15.2. The van der Waals surface area contributed by atoms with Gasteiger partial charge in [0, 0.05) is 42.4 Å². The van der Waals surface area contributed by atoms with Gasteiger partial charge in [0.05, 0.1) is 11.0 Å². The molecule has 142 valence electrons. The third-order valence-electron chi connectivity index (χ3n) is 4.07. The normalized spacial score (nSPS) is 16.1. The molecule has 2 heterocycles. The quantitative estimate of drug-likeness (QED) is 0.573. The van der Waals surface area contributed by atoms with Gasteiger partial charge in [-0.25, -0.2) is 4.98 Å². The number of hydrogen-bond acceptors (Lipinski definition) is 7. The summed E-state index contributed by atoms with van der Waals surface area (Å²) in [5, 5.41) is 15.6. The number of rotatable bonds is 7. The van der Waals surface area contributed by atoms with Crippen molar-refractivity contribution < 1.29 is 19.2 Å². The number of benzene rings is 1. The molecule has 0 radical (unpaired) electrons. The Kier molecular flexibility index (Phi) is 6.09. The summed E-state index contributed by atoms with van der Waals surface area (Å²) in [5.41, 5.74) is 0.180. The number of non-ortho nitro benzene ring substituents is 1. The third kappa shape index (κ3) is 5.08. The number of thiazole rings is 1. The predicted octanol–water partition coefficient (Wildman–Crippen LogP) is 2.31. The fourth-order valence-corrected chi connectivity index (χ4v) is 3.32. The van der Waals surface area contributed by atoms with Crippen molar-refractivity contribution in [3.63, 3.8) is 0 Å². The van der Waals surface area contributed by atoms with Gasteiger partial charge < -0.3 is 15.0 Å². The second kappa shape index (κ2) is 8.69. The molecule has 9 nitrogen and oxygen atoms in total. The van der Waals surface area contributed by atoms with Gasteiger partial charge in [-0.05, 0) is 25.0 Å². The SMILES string of the molecule is O=C(CN(CC1CCCO1)C(=O)c1ccc([N+](=O)[O-])cc1)Nc1nccs1. The summed E-state index contributed by atoms with van der Waals surface area (Å²) < 4.78 is 5.58. The highest BCUT2D eigenvalue weighted by atomic mass is 32.1. The molecule has 3 rings (SSSR count). The second-order valence-electron chi connectivity index (χ2n) is 6.01. The van der Waals surface area contributed by atoms with E-state index in [1.807, 2.05) is 0 Å². The van der Waals surface area contributed by atoms with Gasteiger partial charge >= 0.3 is 0 Å². The molecule has 0 spiro atoms. The standard InChI is InChI=1S/C17H18N4O5S/c22-15(19-17-18-7-9-27-17)11-20(10-14-2-1-8-26-14)16(23)12-3-5-13(6-4-12)21(24)25/h3-7,9,14H,1-2,8,10-11H2,(H,18,19,22). The van der Waals surface area contributed by atoms with Crippen molar-refractivity contribution in [3.05, 3.63) is 51.5 Å². The highest BCUT2D eigenvalue weighted by Gasteiger charge is 2.25. The third-order valence-corrected chi connectivity index (χ3v) is 4.76. The number of nitrogens with zero attached hydrogens (tertiary/aromatic N) is 3. The molecule has 1 unspecified atom stereocenters. The van der Waals surface area contributed by atoms with Gasteiger partial charge in [-0.1, -0.05) is 0 Å². The molecule has 1 aromatic heterocycles. The maximum Gasteiger partial charge on any atom is 0.269 e. The van der Waals surface area contributed by atoms with Crippen molar-refractivity contribution in [2.75, 3.05) is 25.0 Å². The summed E-state index contributed by atoms with van der Waals surface area (Å²) in [6.45, 7) is 0.756. The molecule has 1 fully saturated rings. The summed E-state index contributed by atoms with van der Waals surface area (Å²) in [4.78, 5) is 40.8. The van der Waals surface area contributed by atoms with E-state index in [0.29, 0.717) is 11.7 Å². The lowest BCUT2D eigenvalue weighted by Gasteiger charge is -2.25.